The van der Waals surface area contributed by atoms with Gasteiger partial charge in [-0.15, -0.1) is 0 Å². The molecular weight excluding hydrogens is 190 g/mol. The number of ether oxygens (including phenoxy) is 1. The third kappa shape index (κ3) is 3.22. The summed E-state index contributed by atoms with van der Waals surface area (Å²) in [4.78, 5) is 0. The highest BCUT2D eigenvalue weighted by Crippen LogP contribution is 2.23. The van der Waals surface area contributed by atoms with E-state index in [1.165, 1.54) is 0 Å². The zero-order chi connectivity index (χ0) is 11.3. The molecule has 0 aliphatic carbocycles. The monoisotopic (exact) mass is 209 g/mol. The number of aliphatic hydroxyl groups excluding tert-OH is 1. The summed E-state index contributed by atoms with van der Waals surface area (Å²) in [6, 6.07) is 5.96. The van der Waals surface area contributed by atoms with Gasteiger partial charge in [-0.25, -0.2) is 0 Å². The average molecular weight is 209 g/mol. The van der Waals surface area contributed by atoms with Crippen LogP contribution in [0.2, 0.25) is 0 Å². The number of rotatable bonds is 5. The highest BCUT2D eigenvalue weighted by molar-refractivity contribution is 5.37. The quantitative estimate of drug-likeness (QED) is 0.777. The van der Waals surface area contributed by atoms with Crippen molar-refractivity contribution < 1.29 is 9.84 Å². The van der Waals surface area contributed by atoms with E-state index in [2.05, 4.69) is 0 Å². The van der Waals surface area contributed by atoms with Crippen LogP contribution in [0.15, 0.2) is 18.2 Å². The molecule has 0 saturated carbocycles. The van der Waals surface area contributed by atoms with Crippen molar-refractivity contribution in [1.29, 1.82) is 0 Å². The van der Waals surface area contributed by atoms with E-state index in [1.54, 1.807) is 7.11 Å². The van der Waals surface area contributed by atoms with Crippen LogP contribution in [0.5, 0.6) is 5.75 Å². The minimum Gasteiger partial charge on any atom is -0.496 e. The first kappa shape index (κ1) is 12.0. The van der Waals surface area contributed by atoms with Gasteiger partial charge in [0.25, 0.3) is 0 Å². The van der Waals surface area contributed by atoms with E-state index in [0.29, 0.717) is 0 Å². The Hall–Kier alpha value is -1.06. The van der Waals surface area contributed by atoms with Gasteiger partial charge in [-0.3, -0.25) is 0 Å². The number of aryl methyl sites for hydroxylation is 1. The van der Waals surface area contributed by atoms with E-state index in [4.69, 9.17) is 15.6 Å². The van der Waals surface area contributed by atoms with Gasteiger partial charge in [0.15, 0.2) is 0 Å². The van der Waals surface area contributed by atoms with Gasteiger partial charge in [0.2, 0.25) is 0 Å². The molecule has 3 heteroatoms. The van der Waals surface area contributed by atoms with Crippen molar-refractivity contribution in [2.75, 3.05) is 13.7 Å². The SMILES string of the molecule is COc1ccc([C@@H](N)CCCO)cc1C. The van der Waals surface area contributed by atoms with E-state index in [9.17, 15) is 0 Å². The van der Waals surface area contributed by atoms with Crippen molar-refractivity contribution in [3.05, 3.63) is 29.3 Å². The van der Waals surface area contributed by atoms with Crippen molar-refractivity contribution in [2.45, 2.75) is 25.8 Å². The van der Waals surface area contributed by atoms with Crippen LogP contribution in [-0.2, 0) is 0 Å². The number of hydrogen-bond acceptors (Lipinski definition) is 3. The molecule has 0 fully saturated rings. The van der Waals surface area contributed by atoms with Gasteiger partial charge in [-0.1, -0.05) is 12.1 Å². The summed E-state index contributed by atoms with van der Waals surface area (Å²) >= 11 is 0. The fraction of sp³-hybridized carbons (Fsp3) is 0.500. The first-order valence-electron chi connectivity index (χ1n) is 5.20. The van der Waals surface area contributed by atoms with E-state index in [1.807, 2.05) is 25.1 Å². The van der Waals surface area contributed by atoms with E-state index in [0.717, 1.165) is 29.7 Å². The topological polar surface area (TPSA) is 55.5 Å². The Morgan fingerprint density at radius 2 is 2.20 bits per heavy atom. The highest BCUT2D eigenvalue weighted by atomic mass is 16.5. The van der Waals surface area contributed by atoms with Crippen molar-refractivity contribution in [1.82, 2.24) is 0 Å². The minimum atomic E-state index is 0.00163. The Labute approximate surface area is 90.9 Å². The number of aliphatic hydroxyl groups is 1. The summed E-state index contributed by atoms with van der Waals surface area (Å²) < 4.78 is 5.18. The Bertz CT molecular complexity index is 312. The summed E-state index contributed by atoms with van der Waals surface area (Å²) in [5.41, 5.74) is 8.18. The average Bonchev–Trinajstić information content (AvgIpc) is 2.25. The van der Waals surface area contributed by atoms with Crippen LogP contribution in [-0.4, -0.2) is 18.8 Å². The Morgan fingerprint density at radius 1 is 1.47 bits per heavy atom. The molecule has 0 saturated heterocycles. The zero-order valence-corrected chi connectivity index (χ0v) is 9.36. The molecule has 1 rings (SSSR count). The van der Waals surface area contributed by atoms with Gasteiger partial charge < -0.3 is 15.6 Å². The van der Waals surface area contributed by atoms with Gasteiger partial charge >= 0.3 is 0 Å². The van der Waals surface area contributed by atoms with Crippen molar-refractivity contribution in [2.24, 2.45) is 5.73 Å². The maximum absolute atomic E-state index is 8.72. The molecule has 0 unspecified atom stereocenters. The first-order chi connectivity index (χ1) is 7.19. The molecule has 0 amide bonds. The van der Waals surface area contributed by atoms with Crippen molar-refractivity contribution in [3.8, 4) is 5.75 Å². The molecule has 1 aromatic rings. The summed E-state index contributed by atoms with van der Waals surface area (Å²) in [6.45, 7) is 2.20. The molecule has 3 N–H and O–H groups in total. The number of hydrogen-bond donors (Lipinski definition) is 2. The predicted molar refractivity (Wildman–Crippen MR) is 61.0 cm³/mol. The van der Waals surface area contributed by atoms with Crippen molar-refractivity contribution >= 4 is 0 Å². The van der Waals surface area contributed by atoms with E-state index in [-0.39, 0.29) is 12.6 Å². The molecule has 0 aromatic heterocycles. The van der Waals surface area contributed by atoms with Gasteiger partial charge in [0.1, 0.15) is 5.75 Å². The molecule has 0 aliphatic heterocycles. The fourth-order valence-corrected chi connectivity index (χ4v) is 1.61. The lowest BCUT2D eigenvalue weighted by Crippen LogP contribution is -2.11. The van der Waals surface area contributed by atoms with E-state index < -0.39 is 0 Å². The summed E-state index contributed by atoms with van der Waals surface area (Å²) in [6.07, 6.45) is 1.55. The van der Waals surface area contributed by atoms with Crippen molar-refractivity contribution in [3.63, 3.8) is 0 Å². The Balaban J connectivity index is 2.73. The minimum absolute atomic E-state index is 0.00163. The maximum atomic E-state index is 8.72. The van der Waals surface area contributed by atoms with Gasteiger partial charge in [-0.2, -0.15) is 0 Å². The number of methoxy groups -OCH3 is 1. The molecule has 0 radical (unpaired) electrons. The maximum Gasteiger partial charge on any atom is 0.121 e. The van der Waals surface area contributed by atoms with Crippen LogP contribution in [0, 0.1) is 6.92 Å². The largest absolute Gasteiger partial charge is 0.496 e. The molecule has 1 aromatic carbocycles. The molecule has 1 atom stereocenters. The van der Waals surface area contributed by atoms with Crippen LogP contribution >= 0.6 is 0 Å². The molecule has 0 aliphatic rings. The third-order valence-electron chi connectivity index (χ3n) is 2.52. The lowest BCUT2D eigenvalue weighted by atomic mass is 10.0. The van der Waals surface area contributed by atoms with Gasteiger partial charge in [0, 0.05) is 12.6 Å². The second kappa shape index (κ2) is 5.73. The molecular formula is C12H19NO2. The second-order valence-corrected chi connectivity index (χ2v) is 3.70. The zero-order valence-electron chi connectivity index (χ0n) is 9.36. The normalized spacial score (nSPS) is 12.5. The second-order valence-electron chi connectivity index (χ2n) is 3.70. The molecule has 15 heavy (non-hydrogen) atoms. The molecule has 0 heterocycles. The summed E-state index contributed by atoms with van der Waals surface area (Å²) in [7, 11) is 1.66. The molecule has 0 spiro atoms. The first-order valence-corrected chi connectivity index (χ1v) is 5.20. The number of nitrogens with two attached hydrogens (primary N) is 1. The molecule has 0 bridgehead atoms. The third-order valence-corrected chi connectivity index (χ3v) is 2.52. The number of benzene rings is 1. The Kier molecular flexibility index (Phi) is 4.59. The van der Waals surface area contributed by atoms with Crippen LogP contribution in [0.25, 0.3) is 0 Å². The summed E-state index contributed by atoms with van der Waals surface area (Å²) in [5, 5.41) is 8.72. The van der Waals surface area contributed by atoms with Gasteiger partial charge in [-0.05, 0) is 37.0 Å². The lowest BCUT2D eigenvalue weighted by molar-refractivity contribution is 0.280. The van der Waals surface area contributed by atoms with Crippen LogP contribution in [0.1, 0.15) is 30.0 Å². The van der Waals surface area contributed by atoms with Crippen LogP contribution in [0.4, 0.5) is 0 Å². The van der Waals surface area contributed by atoms with Crippen LogP contribution in [0.3, 0.4) is 0 Å². The molecule has 84 valence electrons. The highest BCUT2D eigenvalue weighted by Gasteiger charge is 2.07. The van der Waals surface area contributed by atoms with E-state index >= 15 is 0 Å². The smallest absolute Gasteiger partial charge is 0.121 e. The molecule has 3 nitrogen and oxygen atoms in total. The fourth-order valence-electron chi connectivity index (χ4n) is 1.61. The summed E-state index contributed by atoms with van der Waals surface area (Å²) in [5.74, 6) is 0.883. The van der Waals surface area contributed by atoms with Crippen LogP contribution < -0.4 is 10.5 Å². The Morgan fingerprint density at radius 3 is 2.73 bits per heavy atom. The standard InChI is InChI=1S/C12H19NO2/c1-9-8-10(5-6-12(9)15-2)11(13)4-3-7-14/h5-6,8,11,14H,3-4,7,13H2,1-2H3/t11-/m0/s1. The predicted octanol–water partition coefficient (Wildman–Crippen LogP) is 1.78. The lowest BCUT2D eigenvalue weighted by Gasteiger charge is -2.13. The van der Waals surface area contributed by atoms with Gasteiger partial charge in [0.05, 0.1) is 7.11 Å².